The number of furan rings is 1. The number of nitrogen functional groups attached to an aromatic ring is 1. The molecule has 6 rings (SSSR count). The first-order valence-corrected chi connectivity index (χ1v) is 10.9. The zero-order valence-electron chi connectivity index (χ0n) is 18.4. The van der Waals surface area contributed by atoms with Crippen LogP contribution in [-0.2, 0) is 20.5 Å². The van der Waals surface area contributed by atoms with Crippen LogP contribution in [0, 0.1) is 0 Å². The van der Waals surface area contributed by atoms with Gasteiger partial charge in [0.15, 0.2) is 0 Å². The maximum Gasteiger partial charge on any atom is 0.251 e. The highest BCUT2D eigenvalue weighted by Crippen LogP contribution is 2.36. The van der Waals surface area contributed by atoms with E-state index in [1.807, 2.05) is 38.5 Å². The molecular weight excluding hydrogens is 418 g/mol. The van der Waals surface area contributed by atoms with Gasteiger partial charge in [-0.15, -0.1) is 0 Å². The number of carbonyl (C=O) groups excluding carboxylic acids is 1. The van der Waals surface area contributed by atoms with Crippen molar-refractivity contribution >= 4 is 33.5 Å². The first-order valence-electron chi connectivity index (χ1n) is 10.9. The van der Waals surface area contributed by atoms with Crippen molar-refractivity contribution in [1.29, 1.82) is 0 Å². The summed E-state index contributed by atoms with van der Waals surface area (Å²) >= 11 is 0. The Labute approximate surface area is 189 Å². The monoisotopic (exact) mass is 441 g/mol. The number of nitrogens with two attached hydrogens (primary N) is 1. The molecule has 1 atom stereocenters. The van der Waals surface area contributed by atoms with Gasteiger partial charge in [0.25, 0.3) is 5.91 Å². The third kappa shape index (κ3) is 3.15. The summed E-state index contributed by atoms with van der Waals surface area (Å²) in [6.07, 6.45) is 8.09. The lowest BCUT2D eigenvalue weighted by Crippen LogP contribution is -2.30. The van der Waals surface area contributed by atoms with Crippen LogP contribution in [-0.4, -0.2) is 30.5 Å². The summed E-state index contributed by atoms with van der Waals surface area (Å²) in [6.45, 7) is 0. The van der Waals surface area contributed by atoms with Crippen LogP contribution >= 0.6 is 0 Å². The molecular formula is C24H23N7O2. The molecule has 9 nitrogen and oxygen atoms in total. The lowest BCUT2D eigenvalue weighted by molar-refractivity contribution is 0.0932. The van der Waals surface area contributed by atoms with E-state index >= 15 is 0 Å². The lowest BCUT2D eigenvalue weighted by atomic mass is 9.92. The van der Waals surface area contributed by atoms with E-state index in [1.54, 1.807) is 27.8 Å². The average molecular weight is 441 g/mol. The first-order chi connectivity index (χ1) is 16.0. The third-order valence-electron chi connectivity index (χ3n) is 6.38. The summed E-state index contributed by atoms with van der Waals surface area (Å²) in [7, 11) is 3.73. The maximum absolute atomic E-state index is 13.3. The standard InChI is InChI=1S/C24H23N7O2/c1-30-12-14(10-26-30)21-9-15-18(4-3-5-20(15)33-21)29-24(32)13-6-7-19-16(8-13)22-17(23(25)28-19)11-27-31(22)2/h6-12,18H,3-5H2,1-2H3,(H2,25,28)(H,29,32). The number of hydrogen-bond donors (Lipinski definition) is 2. The topological polar surface area (TPSA) is 117 Å². The third-order valence-corrected chi connectivity index (χ3v) is 6.38. The number of carbonyl (C=O) groups is 1. The SMILES string of the molecule is Cn1cc(-c2cc3c(o2)CCCC3NC(=O)c2ccc3nc(N)c4cnn(C)c4c3c2)cn1. The molecule has 1 aliphatic carbocycles. The van der Waals surface area contributed by atoms with Gasteiger partial charge in [0.1, 0.15) is 17.3 Å². The molecule has 5 aromatic rings. The van der Waals surface area contributed by atoms with E-state index in [9.17, 15) is 4.79 Å². The van der Waals surface area contributed by atoms with Crippen LogP contribution in [0.4, 0.5) is 5.82 Å². The van der Waals surface area contributed by atoms with Crippen molar-refractivity contribution < 1.29 is 9.21 Å². The molecule has 4 aromatic heterocycles. The van der Waals surface area contributed by atoms with Crippen molar-refractivity contribution in [3.05, 3.63) is 59.7 Å². The van der Waals surface area contributed by atoms with E-state index < -0.39 is 0 Å². The Morgan fingerprint density at radius 1 is 1.18 bits per heavy atom. The van der Waals surface area contributed by atoms with Crippen molar-refractivity contribution in [2.75, 3.05) is 5.73 Å². The second-order valence-corrected chi connectivity index (χ2v) is 8.57. The predicted octanol–water partition coefficient (Wildman–Crippen LogP) is 3.50. The van der Waals surface area contributed by atoms with E-state index in [-0.39, 0.29) is 11.9 Å². The van der Waals surface area contributed by atoms with Crippen molar-refractivity contribution in [1.82, 2.24) is 29.9 Å². The normalized spacial score (nSPS) is 15.8. The number of anilines is 1. The van der Waals surface area contributed by atoms with E-state index in [4.69, 9.17) is 10.2 Å². The second-order valence-electron chi connectivity index (χ2n) is 8.57. The van der Waals surface area contributed by atoms with Crippen molar-refractivity contribution in [3.8, 4) is 11.3 Å². The van der Waals surface area contributed by atoms with Crippen LogP contribution in [0.1, 0.15) is 40.6 Å². The van der Waals surface area contributed by atoms with Crippen LogP contribution < -0.4 is 11.1 Å². The molecule has 1 amide bonds. The Balaban J connectivity index is 1.33. The van der Waals surface area contributed by atoms with Crippen molar-refractivity contribution in [3.63, 3.8) is 0 Å². The molecule has 1 aromatic carbocycles. The quantitative estimate of drug-likeness (QED) is 0.443. The van der Waals surface area contributed by atoms with Gasteiger partial charge in [-0.25, -0.2) is 4.98 Å². The van der Waals surface area contributed by atoms with Gasteiger partial charge in [0.2, 0.25) is 0 Å². The molecule has 166 valence electrons. The fraction of sp³-hybridized carbons (Fsp3) is 0.250. The summed E-state index contributed by atoms with van der Waals surface area (Å²) < 4.78 is 9.62. The van der Waals surface area contributed by atoms with E-state index in [0.717, 1.165) is 63.7 Å². The van der Waals surface area contributed by atoms with Gasteiger partial charge in [-0.3, -0.25) is 14.2 Å². The zero-order valence-corrected chi connectivity index (χ0v) is 18.4. The van der Waals surface area contributed by atoms with Crippen LogP contribution in [0.15, 0.2) is 47.3 Å². The number of hydrogen-bond acceptors (Lipinski definition) is 6. The number of fused-ring (bicyclic) bond motifs is 4. The highest BCUT2D eigenvalue weighted by atomic mass is 16.3. The molecule has 0 aliphatic heterocycles. The number of rotatable bonds is 3. The second kappa shape index (κ2) is 7.19. The average Bonchev–Trinajstić information content (AvgIpc) is 3.52. The van der Waals surface area contributed by atoms with Gasteiger partial charge >= 0.3 is 0 Å². The summed E-state index contributed by atoms with van der Waals surface area (Å²) in [4.78, 5) is 17.7. The number of pyridine rings is 1. The fourth-order valence-corrected chi connectivity index (χ4v) is 4.74. The van der Waals surface area contributed by atoms with Gasteiger partial charge < -0.3 is 15.5 Å². The Kier molecular flexibility index (Phi) is 4.26. The minimum absolute atomic E-state index is 0.104. The van der Waals surface area contributed by atoms with E-state index in [1.165, 1.54) is 0 Å². The van der Waals surface area contributed by atoms with Crippen LogP contribution in [0.25, 0.3) is 33.1 Å². The van der Waals surface area contributed by atoms with E-state index in [2.05, 4.69) is 20.5 Å². The Morgan fingerprint density at radius 2 is 2.06 bits per heavy atom. The van der Waals surface area contributed by atoms with Gasteiger partial charge in [-0.05, 0) is 37.1 Å². The molecule has 1 aliphatic rings. The summed E-state index contributed by atoms with van der Waals surface area (Å²) in [5.74, 6) is 2.01. The molecule has 0 fully saturated rings. The minimum Gasteiger partial charge on any atom is -0.461 e. The molecule has 3 N–H and O–H groups in total. The molecule has 9 heteroatoms. The largest absolute Gasteiger partial charge is 0.461 e. The van der Waals surface area contributed by atoms with Gasteiger partial charge in [0.05, 0.1) is 40.4 Å². The number of amides is 1. The molecule has 0 bridgehead atoms. The first kappa shape index (κ1) is 19.5. The number of nitrogens with one attached hydrogen (secondary N) is 1. The highest BCUT2D eigenvalue weighted by molar-refractivity contribution is 6.10. The molecule has 1 unspecified atom stereocenters. The van der Waals surface area contributed by atoms with Gasteiger partial charge in [-0.2, -0.15) is 10.2 Å². The maximum atomic E-state index is 13.3. The molecule has 0 spiro atoms. The molecule has 0 saturated carbocycles. The summed E-state index contributed by atoms with van der Waals surface area (Å²) in [5.41, 5.74) is 10.2. The Hall–Kier alpha value is -4.14. The van der Waals surface area contributed by atoms with Crippen molar-refractivity contribution in [2.24, 2.45) is 14.1 Å². The molecule has 0 radical (unpaired) electrons. The zero-order chi connectivity index (χ0) is 22.7. The predicted molar refractivity (Wildman–Crippen MR) is 124 cm³/mol. The van der Waals surface area contributed by atoms with Crippen LogP contribution in [0.3, 0.4) is 0 Å². The number of aromatic nitrogens is 5. The number of benzene rings is 1. The fourth-order valence-electron chi connectivity index (χ4n) is 4.74. The van der Waals surface area contributed by atoms with Crippen LogP contribution in [0.5, 0.6) is 0 Å². The molecule has 0 saturated heterocycles. The van der Waals surface area contributed by atoms with Crippen molar-refractivity contribution in [2.45, 2.75) is 25.3 Å². The smallest absolute Gasteiger partial charge is 0.251 e. The summed E-state index contributed by atoms with van der Waals surface area (Å²) in [6, 6.07) is 7.40. The van der Waals surface area contributed by atoms with Gasteiger partial charge in [0, 0.05) is 43.2 Å². The van der Waals surface area contributed by atoms with Crippen LogP contribution in [0.2, 0.25) is 0 Å². The Bertz CT molecular complexity index is 1540. The number of aryl methyl sites for hydroxylation is 3. The minimum atomic E-state index is -0.133. The summed E-state index contributed by atoms with van der Waals surface area (Å²) in [5, 5.41) is 13.4. The molecule has 33 heavy (non-hydrogen) atoms. The van der Waals surface area contributed by atoms with E-state index in [0.29, 0.717) is 11.4 Å². The van der Waals surface area contributed by atoms with Gasteiger partial charge in [-0.1, -0.05) is 0 Å². The lowest BCUT2D eigenvalue weighted by Gasteiger charge is -2.22. The Morgan fingerprint density at radius 3 is 2.88 bits per heavy atom. The number of nitrogens with zero attached hydrogens (tertiary/aromatic N) is 5. The molecule has 4 heterocycles. The highest BCUT2D eigenvalue weighted by Gasteiger charge is 2.27.